The number of hydrogen-bond donors (Lipinski definition) is 3. The van der Waals surface area contributed by atoms with Crippen LogP contribution in [0.5, 0.6) is 5.75 Å². The molecular weight excluding hydrogens is 474 g/mol. The number of ether oxygens (including phenoxy) is 1. The highest BCUT2D eigenvalue weighted by atomic mass is 32.2. The molecule has 0 saturated carbocycles. The smallest absolute Gasteiger partial charge is 0.337 e. The van der Waals surface area contributed by atoms with Gasteiger partial charge in [0.25, 0.3) is 0 Å². The van der Waals surface area contributed by atoms with Gasteiger partial charge in [0, 0.05) is 11.0 Å². The van der Waals surface area contributed by atoms with Crippen LogP contribution >= 0.6 is 12.0 Å². The number of methoxy groups -OCH3 is 1. The van der Waals surface area contributed by atoms with Crippen LogP contribution in [0.3, 0.4) is 0 Å². The minimum atomic E-state index is -1.16. The lowest BCUT2D eigenvalue weighted by Crippen LogP contribution is -1.96. The molecule has 182 valence electrons. The first-order valence-corrected chi connectivity index (χ1v) is 10.9. The summed E-state index contributed by atoms with van der Waals surface area (Å²) in [5, 5.41) is 38.4. The molecule has 0 heterocycles. The quantitative estimate of drug-likeness (QED) is 0.0922. The number of carbonyl (C=O) groups is 1. The lowest BCUT2D eigenvalue weighted by Gasteiger charge is -2.08. The summed E-state index contributed by atoms with van der Waals surface area (Å²) >= 11 is 0.687. The number of aromatic carboxylic acids is 1. The van der Waals surface area contributed by atoms with Crippen molar-refractivity contribution in [1.29, 1.82) is 0 Å². The Morgan fingerprint density at radius 1 is 0.857 bits per heavy atom. The molecule has 11 nitrogen and oxygen atoms in total. The van der Waals surface area contributed by atoms with Gasteiger partial charge in [-0.2, -0.15) is 15.3 Å². The Bertz CT molecular complexity index is 1310. The van der Waals surface area contributed by atoms with Gasteiger partial charge < -0.3 is 15.6 Å². The number of benzene rings is 3. The van der Waals surface area contributed by atoms with E-state index in [0.29, 0.717) is 45.4 Å². The zero-order valence-corrected chi connectivity index (χ0v) is 20.2. The van der Waals surface area contributed by atoms with E-state index in [1.807, 2.05) is 26.8 Å². The number of hydrogen-bond acceptors (Lipinski definition) is 11. The zero-order valence-electron chi connectivity index (χ0n) is 19.3. The molecule has 0 atom stereocenters. The van der Waals surface area contributed by atoms with E-state index in [1.54, 1.807) is 18.2 Å². The highest BCUT2D eigenvalue weighted by molar-refractivity contribution is 7.94. The first-order valence-electron chi connectivity index (χ1n) is 10.1. The second-order valence-corrected chi connectivity index (χ2v) is 8.19. The van der Waals surface area contributed by atoms with Gasteiger partial charge in [-0.15, -0.1) is 9.45 Å². The molecule has 35 heavy (non-hydrogen) atoms. The molecule has 12 heteroatoms. The number of nitrogen functional groups attached to an aromatic ring is 1. The Morgan fingerprint density at radius 2 is 1.40 bits per heavy atom. The Kier molecular flexibility index (Phi) is 8.49. The number of nitrogens with zero attached hydrogens (tertiary/aromatic N) is 4. The Labute approximate surface area is 205 Å². The summed E-state index contributed by atoms with van der Waals surface area (Å²) in [7, 11) is 1.54. The molecule has 3 aromatic rings. The molecule has 0 aliphatic carbocycles. The van der Waals surface area contributed by atoms with Crippen molar-refractivity contribution in [2.24, 2.45) is 20.5 Å². The van der Waals surface area contributed by atoms with E-state index in [4.69, 9.17) is 15.7 Å². The van der Waals surface area contributed by atoms with E-state index in [9.17, 15) is 9.90 Å². The Morgan fingerprint density at radius 3 is 1.94 bits per heavy atom. The van der Waals surface area contributed by atoms with Gasteiger partial charge in [0.2, 0.25) is 0 Å². The first-order chi connectivity index (χ1) is 16.7. The van der Waals surface area contributed by atoms with Crippen molar-refractivity contribution in [1.82, 2.24) is 0 Å². The summed E-state index contributed by atoms with van der Waals surface area (Å²) in [5.41, 5.74) is 10.7. The standard InChI is InChI=1S/C23H23N5O6S/c1-12-7-17(24)22(32-4)11-20(12)27-25-18-8-14(3)19(9-13(18)2)26-28-21-10-15(35-34-33-31)5-6-16(21)23(29)30/h5-11,31H,24H2,1-4H3,(H,29,30). The number of nitrogens with two attached hydrogens (primary N) is 1. The second-order valence-electron chi connectivity index (χ2n) is 7.42. The molecule has 3 aromatic carbocycles. The molecule has 0 spiro atoms. The normalized spacial score (nSPS) is 11.5. The van der Waals surface area contributed by atoms with Crippen LogP contribution in [0.15, 0.2) is 67.8 Å². The molecule has 0 aliphatic heterocycles. The van der Waals surface area contributed by atoms with Crippen LogP contribution in [0.4, 0.5) is 28.4 Å². The monoisotopic (exact) mass is 497 g/mol. The van der Waals surface area contributed by atoms with E-state index in [0.717, 1.165) is 16.7 Å². The van der Waals surface area contributed by atoms with Crippen molar-refractivity contribution >= 4 is 46.4 Å². The highest BCUT2D eigenvalue weighted by Gasteiger charge is 2.12. The number of rotatable bonds is 9. The topological polar surface area (TPSA) is 161 Å². The fourth-order valence-corrected chi connectivity index (χ4v) is 3.47. The molecule has 0 bridgehead atoms. The molecule has 3 rings (SSSR count). The summed E-state index contributed by atoms with van der Waals surface area (Å²) in [6, 6.07) is 11.4. The molecule has 0 unspecified atom stereocenters. The Hall–Kier alpha value is -3.84. The van der Waals surface area contributed by atoms with Crippen LogP contribution in [0, 0.1) is 20.8 Å². The number of anilines is 1. The number of carboxylic acids is 1. The summed E-state index contributed by atoms with van der Waals surface area (Å²) in [6.45, 7) is 5.57. The van der Waals surface area contributed by atoms with Crippen LogP contribution in [0.1, 0.15) is 27.0 Å². The zero-order chi connectivity index (χ0) is 25.5. The summed E-state index contributed by atoms with van der Waals surface area (Å²) < 4.78 is 9.64. The number of aryl methyl sites for hydroxylation is 3. The van der Waals surface area contributed by atoms with Crippen molar-refractivity contribution in [3.63, 3.8) is 0 Å². The predicted octanol–water partition coefficient (Wildman–Crippen LogP) is 7.16. The molecule has 0 saturated heterocycles. The van der Waals surface area contributed by atoms with Crippen molar-refractivity contribution in [2.75, 3.05) is 12.8 Å². The minimum Gasteiger partial charge on any atom is -0.495 e. The number of azo groups is 2. The van der Waals surface area contributed by atoms with Crippen LogP contribution in [-0.4, -0.2) is 23.4 Å². The van der Waals surface area contributed by atoms with Gasteiger partial charge in [-0.05, 0) is 73.9 Å². The molecule has 0 radical (unpaired) electrons. The van der Waals surface area contributed by atoms with Crippen LogP contribution in [0.25, 0.3) is 0 Å². The fraction of sp³-hybridized carbons (Fsp3) is 0.174. The van der Waals surface area contributed by atoms with E-state index < -0.39 is 5.97 Å². The average Bonchev–Trinajstić information content (AvgIpc) is 2.82. The largest absolute Gasteiger partial charge is 0.495 e. The van der Waals surface area contributed by atoms with Gasteiger partial charge in [-0.1, -0.05) is 5.04 Å². The average molecular weight is 498 g/mol. The van der Waals surface area contributed by atoms with Gasteiger partial charge in [0.05, 0.1) is 47.5 Å². The van der Waals surface area contributed by atoms with Crippen LogP contribution in [0.2, 0.25) is 0 Å². The first kappa shape index (κ1) is 25.8. The van der Waals surface area contributed by atoms with Crippen molar-refractivity contribution in [3.8, 4) is 5.75 Å². The highest BCUT2D eigenvalue weighted by Crippen LogP contribution is 2.35. The molecule has 0 amide bonds. The molecular formula is C23H23N5O6S. The van der Waals surface area contributed by atoms with E-state index in [1.165, 1.54) is 25.3 Å². The van der Waals surface area contributed by atoms with Gasteiger partial charge in [-0.3, -0.25) is 0 Å². The maximum absolute atomic E-state index is 11.6. The maximum Gasteiger partial charge on any atom is 0.337 e. The lowest BCUT2D eigenvalue weighted by atomic mass is 10.1. The molecule has 0 aromatic heterocycles. The van der Waals surface area contributed by atoms with Gasteiger partial charge in [0.1, 0.15) is 11.4 Å². The molecule has 4 N–H and O–H groups in total. The number of carboxylic acid groups (broad SMARTS) is 1. The van der Waals surface area contributed by atoms with Gasteiger partial charge >= 0.3 is 5.97 Å². The van der Waals surface area contributed by atoms with E-state index in [-0.39, 0.29) is 11.3 Å². The maximum atomic E-state index is 11.6. The minimum absolute atomic E-state index is 0.0443. The van der Waals surface area contributed by atoms with Gasteiger partial charge in [0.15, 0.2) is 0 Å². The molecule has 0 fully saturated rings. The van der Waals surface area contributed by atoms with Crippen molar-refractivity contribution < 1.29 is 29.3 Å². The third-order valence-corrected chi connectivity index (χ3v) is 5.53. The van der Waals surface area contributed by atoms with Gasteiger partial charge in [-0.25, -0.2) is 10.1 Å². The second kappa shape index (κ2) is 11.5. The Balaban J connectivity index is 1.90. The van der Waals surface area contributed by atoms with Crippen LogP contribution < -0.4 is 10.5 Å². The van der Waals surface area contributed by atoms with Crippen molar-refractivity contribution in [2.45, 2.75) is 25.7 Å². The SMILES string of the molecule is COc1cc(N=Nc2cc(C)c(N=Nc3cc(SOOO)ccc3C(=O)O)cc2C)c(C)cc1N. The summed E-state index contributed by atoms with van der Waals surface area (Å²) in [5.74, 6) is -0.639. The summed E-state index contributed by atoms with van der Waals surface area (Å²) in [6.07, 6.45) is 0. The third-order valence-electron chi connectivity index (χ3n) is 4.95. The predicted molar refractivity (Wildman–Crippen MR) is 130 cm³/mol. The van der Waals surface area contributed by atoms with Crippen molar-refractivity contribution in [3.05, 3.63) is 64.7 Å². The van der Waals surface area contributed by atoms with Crippen LogP contribution in [-0.2, 0) is 9.37 Å². The van der Waals surface area contributed by atoms with E-state index in [2.05, 4.69) is 29.8 Å². The lowest BCUT2D eigenvalue weighted by molar-refractivity contribution is -0.432. The summed E-state index contributed by atoms with van der Waals surface area (Å²) in [4.78, 5) is 12.0. The fourth-order valence-electron chi connectivity index (χ4n) is 3.08. The molecule has 0 aliphatic rings. The van der Waals surface area contributed by atoms with E-state index >= 15 is 0 Å². The third kappa shape index (κ3) is 6.39.